The number of nitrogens with one attached hydrogen (secondary N) is 2. The topological polar surface area (TPSA) is 121 Å². The third kappa shape index (κ3) is 5.42. The van der Waals surface area contributed by atoms with Crippen LogP contribution in [0.15, 0.2) is 59.6 Å². The van der Waals surface area contributed by atoms with Gasteiger partial charge in [-0.3, -0.25) is 20.4 Å². The van der Waals surface area contributed by atoms with Crippen LogP contribution in [-0.2, 0) is 9.84 Å². The van der Waals surface area contributed by atoms with Crippen molar-refractivity contribution < 1.29 is 18.0 Å². The van der Waals surface area contributed by atoms with Crippen molar-refractivity contribution >= 4 is 65.7 Å². The van der Waals surface area contributed by atoms with Crippen LogP contribution in [0.2, 0.25) is 5.02 Å². The van der Waals surface area contributed by atoms with Crippen LogP contribution < -0.4 is 15.5 Å². The van der Waals surface area contributed by atoms with Gasteiger partial charge in [0.1, 0.15) is 0 Å². The minimum atomic E-state index is -3.38. The number of pyridine rings is 1. The summed E-state index contributed by atoms with van der Waals surface area (Å²) in [5.74, 6) is -0.697. The van der Waals surface area contributed by atoms with E-state index in [1.807, 2.05) is 31.1 Å². The molecular formula is C23H20ClN5O4S2. The van der Waals surface area contributed by atoms with Gasteiger partial charge in [0, 0.05) is 32.1 Å². The Morgan fingerprint density at radius 2 is 1.86 bits per heavy atom. The van der Waals surface area contributed by atoms with Crippen molar-refractivity contribution in [2.45, 2.75) is 4.90 Å². The number of rotatable bonds is 5. The average molecular weight is 530 g/mol. The van der Waals surface area contributed by atoms with E-state index in [1.165, 1.54) is 12.1 Å². The lowest BCUT2D eigenvalue weighted by atomic mass is 10.1. The number of anilines is 2. The molecule has 9 nitrogen and oxygen atoms in total. The third-order valence-corrected chi connectivity index (χ3v) is 7.36. The van der Waals surface area contributed by atoms with Crippen molar-refractivity contribution in [2.24, 2.45) is 0 Å². The summed E-state index contributed by atoms with van der Waals surface area (Å²) in [5, 5.41) is 5.14. The molecule has 0 saturated carbocycles. The number of aromatic nitrogens is 2. The van der Waals surface area contributed by atoms with Crippen LogP contribution in [0.25, 0.3) is 21.5 Å². The van der Waals surface area contributed by atoms with Crippen LogP contribution in [0, 0.1) is 0 Å². The maximum atomic E-state index is 12.8. The molecule has 3 amide bonds. The van der Waals surface area contributed by atoms with E-state index in [-0.39, 0.29) is 20.6 Å². The maximum absolute atomic E-state index is 12.8. The summed E-state index contributed by atoms with van der Waals surface area (Å²) in [6, 6.07) is 12.3. The molecule has 2 aromatic carbocycles. The number of benzene rings is 2. The summed E-state index contributed by atoms with van der Waals surface area (Å²) in [4.78, 5) is 36.0. The number of fused-ring (bicyclic) bond motifs is 1. The monoisotopic (exact) mass is 529 g/mol. The molecule has 180 valence electrons. The predicted octanol–water partition coefficient (Wildman–Crippen LogP) is 4.44. The molecule has 0 fully saturated rings. The molecule has 35 heavy (non-hydrogen) atoms. The maximum Gasteiger partial charge on any atom is 0.327 e. The molecule has 2 aromatic heterocycles. The van der Waals surface area contributed by atoms with E-state index >= 15 is 0 Å². The van der Waals surface area contributed by atoms with E-state index in [0.717, 1.165) is 23.3 Å². The summed E-state index contributed by atoms with van der Waals surface area (Å²) in [7, 11) is 0.400. The van der Waals surface area contributed by atoms with Gasteiger partial charge in [0.05, 0.1) is 37.1 Å². The van der Waals surface area contributed by atoms with Gasteiger partial charge in [-0.15, -0.1) is 0 Å². The smallest absolute Gasteiger partial charge is 0.327 e. The molecule has 0 bridgehead atoms. The van der Waals surface area contributed by atoms with Crippen molar-refractivity contribution in [1.82, 2.24) is 15.3 Å². The number of carbonyl (C=O) groups is 2. The highest BCUT2D eigenvalue weighted by atomic mass is 35.5. The normalized spacial score (nSPS) is 11.3. The first kappa shape index (κ1) is 24.6. The molecule has 12 heteroatoms. The standard InChI is InChI=1S/C23H20ClN5O4S2/c1-29(2)18-5-4-10-25-20(18)13-6-8-16(24)15(11-13)21(30)27-22(31)28-23-26-17-9-7-14(35(3,32)33)12-19(17)34-23/h4-12H,1-3H3,(H2,26,27,28,30,31). The van der Waals surface area contributed by atoms with Gasteiger partial charge in [0.25, 0.3) is 5.91 Å². The highest BCUT2D eigenvalue weighted by molar-refractivity contribution is 7.90. The van der Waals surface area contributed by atoms with Gasteiger partial charge in [-0.2, -0.15) is 0 Å². The largest absolute Gasteiger partial charge is 0.376 e. The second kappa shape index (κ2) is 9.61. The lowest BCUT2D eigenvalue weighted by Gasteiger charge is -2.17. The quantitative estimate of drug-likeness (QED) is 0.392. The number of sulfone groups is 1. The van der Waals surface area contributed by atoms with Crippen LogP contribution in [0.1, 0.15) is 10.4 Å². The van der Waals surface area contributed by atoms with Crippen molar-refractivity contribution in [3.05, 3.63) is 65.3 Å². The van der Waals surface area contributed by atoms with Gasteiger partial charge in [-0.1, -0.05) is 29.0 Å². The van der Waals surface area contributed by atoms with E-state index in [1.54, 1.807) is 30.5 Å². The van der Waals surface area contributed by atoms with Gasteiger partial charge in [-0.05, 0) is 42.5 Å². The molecular weight excluding hydrogens is 510 g/mol. The summed E-state index contributed by atoms with van der Waals surface area (Å²) in [6.45, 7) is 0. The average Bonchev–Trinajstić information content (AvgIpc) is 3.20. The number of hydrogen-bond acceptors (Lipinski definition) is 8. The number of imide groups is 1. The minimum Gasteiger partial charge on any atom is -0.376 e. The lowest BCUT2D eigenvalue weighted by molar-refractivity contribution is 0.0967. The molecule has 0 aliphatic rings. The molecule has 0 atom stereocenters. The van der Waals surface area contributed by atoms with Gasteiger partial charge in [-0.25, -0.2) is 18.2 Å². The van der Waals surface area contributed by atoms with Gasteiger partial charge >= 0.3 is 6.03 Å². The lowest BCUT2D eigenvalue weighted by Crippen LogP contribution is -2.34. The zero-order valence-electron chi connectivity index (χ0n) is 18.9. The number of thiazole rings is 1. The zero-order valence-corrected chi connectivity index (χ0v) is 21.3. The van der Waals surface area contributed by atoms with Crippen LogP contribution in [0.3, 0.4) is 0 Å². The van der Waals surface area contributed by atoms with Crippen molar-refractivity contribution in [2.75, 3.05) is 30.6 Å². The number of hydrogen-bond donors (Lipinski definition) is 2. The Balaban J connectivity index is 1.53. The highest BCUT2D eigenvalue weighted by Gasteiger charge is 2.18. The van der Waals surface area contributed by atoms with Crippen molar-refractivity contribution in [3.8, 4) is 11.3 Å². The molecule has 0 spiro atoms. The van der Waals surface area contributed by atoms with Gasteiger partial charge in [0.15, 0.2) is 15.0 Å². The van der Waals surface area contributed by atoms with E-state index in [2.05, 4.69) is 20.6 Å². The van der Waals surface area contributed by atoms with Crippen molar-refractivity contribution in [1.29, 1.82) is 0 Å². The Labute approximate surface area is 210 Å². The fraction of sp³-hybridized carbons (Fsp3) is 0.130. The van der Waals surface area contributed by atoms with Gasteiger partial charge < -0.3 is 4.90 Å². The first-order valence-corrected chi connectivity index (χ1v) is 13.3. The molecule has 4 rings (SSSR count). The van der Waals surface area contributed by atoms with Crippen LogP contribution in [0.4, 0.5) is 15.6 Å². The molecule has 4 aromatic rings. The highest BCUT2D eigenvalue weighted by Crippen LogP contribution is 2.31. The summed E-state index contributed by atoms with van der Waals surface area (Å²) >= 11 is 7.33. The van der Waals surface area contributed by atoms with Gasteiger partial charge in [0.2, 0.25) is 0 Å². The Kier molecular flexibility index (Phi) is 6.75. The number of carbonyl (C=O) groups excluding carboxylic acids is 2. The van der Waals surface area contributed by atoms with Crippen LogP contribution >= 0.6 is 22.9 Å². The van der Waals surface area contributed by atoms with Crippen molar-refractivity contribution in [3.63, 3.8) is 0 Å². The molecule has 0 aliphatic heterocycles. The van der Waals surface area contributed by atoms with E-state index < -0.39 is 21.8 Å². The number of halogens is 1. The minimum absolute atomic E-state index is 0.108. The van der Waals surface area contributed by atoms with E-state index in [4.69, 9.17) is 11.6 Å². The van der Waals surface area contributed by atoms with E-state index in [0.29, 0.717) is 21.5 Å². The fourth-order valence-electron chi connectivity index (χ4n) is 3.31. The first-order chi connectivity index (χ1) is 16.5. The number of nitrogens with zero attached hydrogens (tertiary/aromatic N) is 3. The molecule has 2 heterocycles. The third-order valence-electron chi connectivity index (χ3n) is 4.99. The second-order valence-electron chi connectivity index (χ2n) is 7.79. The molecule has 0 unspecified atom stereocenters. The summed E-state index contributed by atoms with van der Waals surface area (Å²) in [6.07, 6.45) is 2.77. The number of urea groups is 1. The molecule has 0 saturated heterocycles. The van der Waals surface area contributed by atoms with E-state index in [9.17, 15) is 18.0 Å². The van der Waals surface area contributed by atoms with Crippen LogP contribution in [0.5, 0.6) is 0 Å². The molecule has 0 aliphatic carbocycles. The Hall–Kier alpha value is -3.54. The Morgan fingerprint density at radius 3 is 2.57 bits per heavy atom. The first-order valence-electron chi connectivity index (χ1n) is 10.2. The molecule has 0 radical (unpaired) electrons. The second-order valence-corrected chi connectivity index (χ2v) is 11.2. The molecule has 2 N–H and O–H groups in total. The Morgan fingerprint density at radius 1 is 1.09 bits per heavy atom. The zero-order chi connectivity index (χ0) is 25.3. The van der Waals surface area contributed by atoms with Crippen LogP contribution in [-0.4, -0.2) is 50.7 Å². The number of amides is 3. The summed E-state index contributed by atoms with van der Waals surface area (Å²) in [5.41, 5.74) is 2.81. The fourth-order valence-corrected chi connectivity index (χ4v) is 5.14. The predicted molar refractivity (Wildman–Crippen MR) is 138 cm³/mol. The Bertz CT molecular complexity index is 1570. The summed E-state index contributed by atoms with van der Waals surface area (Å²) < 4.78 is 24.1. The SMILES string of the molecule is CN(C)c1cccnc1-c1ccc(Cl)c(C(=O)NC(=O)Nc2nc3ccc(S(C)(=O)=O)cc3s2)c1.